The fraction of sp³-hybridized carbons (Fsp3) is 0.471. The van der Waals surface area contributed by atoms with Crippen LogP contribution in [0, 0.1) is 0 Å². The van der Waals surface area contributed by atoms with Gasteiger partial charge in [-0.1, -0.05) is 30.3 Å². The highest BCUT2D eigenvalue weighted by Crippen LogP contribution is 2.21. The number of carbonyl (C=O) groups excluding carboxylic acids is 1. The van der Waals surface area contributed by atoms with Gasteiger partial charge >= 0.3 is 0 Å². The number of primary amides is 1. The number of nitrogens with zero attached hydrogens (tertiary/aromatic N) is 1. The molecule has 1 heterocycles. The number of piperidine rings is 1. The lowest BCUT2D eigenvalue weighted by atomic mass is 10.0. The van der Waals surface area contributed by atoms with Gasteiger partial charge in [0.1, 0.15) is 0 Å². The van der Waals surface area contributed by atoms with E-state index in [1.165, 1.54) is 0 Å². The van der Waals surface area contributed by atoms with Crippen LogP contribution in [-0.4, -0.2) is 37.2 Å². The Morgan fingerprint density at radius 3 is 2.54 bits per heavy atom. The van der Waals surface area contributed by atoms with Gasteiger partial charge in [-0.15, -0.1) is 0 Å². The van der Waals surface area contributed by atoms with Gasteiger partial charge in [0.15, 0.2) is 0 Å². The van der Waals surface area contributed by atoms with Crippen LogP contribution < -0.4 is 10.5 Å². The molecule has 3 N–H and O–H groups in total. The second-order valence-corrected chi connectivity index (χ2v) is 8.50. The Kier molecular flexibility index (Phi) is 6.01. The Labute approximate surface area is 143 Å². The highest BCUT2D eigenvalue weighted by atomic mass is 32.2. The molecule has 1 aliphatic rings. The standard InChI is InChI=1S/C17H25N3O3S/c1-13(2)24(22,23)19-16-10-6-7-11-20(16)12-15(17(18)21)14-8-4-3-5-9-14/h3-5,8-9,12-13,16,19H,6-7,10-11H2,1-2H3,(H2,18,21). The maximum absolute atomic E-state index is 12.2. The lowest BCUT2D eigenvalue weighted by Gasteiger charge is -2.36. The van der Waals surface area contributed by atoms with E-state index < -0.39 is 21.2 Å². The number of hydrogen-bond acceptors (Lipinski definition) is 4. The predicted octanol–water partition coefficient (Wildman–Crippen LogP) is 1.65. The van der Waals surface area contributed by atoms with E-state index in [1.807, 2.05) is 35.2 Å². The number of amides is 1. The van der Waals surface area contributed by atoms with Crippen molar-refractivity contribution < 1.29 is 13.2 Å². The zero-order chi connectivity index (χ0) is 17.7. The number of carbonyl (C=O) groups is 1. The van der Waals surface area contributed by atoms with Crippen molar-refractivity contribution in [2.24, 2.45) is 5.73 Å². The molecule has 1 aromatic rings. The quantitative estimate of drug-likeness (QED) is 0.762. The summed E-state index contributed by atoms with van der Waals surface area (Å²) in [4.78, 5) is 13.7. The van der Waals surface area contributed by atoms with Gasteiger partial charge in [0, 0.05) is 12.7 Å². The fourth-order valence-corrected chi connectivity index (χ4v) is 3.53. The number of nitrogens with one attached hydrogen (secondary N) is 1. The lowest BCUT2D eigenvalue weighted by Crippen LogP contribution is -2.50. The van der Waals surface area contributed by atoms with Crippen molar-refractivity contribution in [2.45, 2.75) is 44.5 Å². The molecule has 0 saturated carbocycles. The summed E-state index contributed by atoms with van der Waals surface area (Å²) in [5, 5.41) is -0.505. The van der Waals surface area contributed by atoms with Crippen LogP contribution in [0.3, 0.4) is 0 Å². The molecule has 0 aromatic heterocycles. The van der Waals surface area contributed by atoms with Crippen LogP contribution in [-0.2, 0) is 14.8 Å². The predicted molar refractivity (Wildman–Crippen MR) is 95.1 cm³/mol. The highest BCUT2D eigenvalue weighted by molar-refractivity contribution is 7.90. The minimum Gasteiger partial charge on any atom is -0.366 e. The number of benzene rings is 1. The number of hydrogen-bond donors (Lipinski definition) is 2. The van der Waals surface area contributed by atoms with Crippen molar-refractivity contribution in [3.63, 3.8) is 0 Å². The van der Waals surface area contributed by atoms with Gasteiger partial charge in [0.25, 0.3) is 5.91 Å². The van der Waals surface area contributed by atoms with Gasteiger partial charge in [0.05, 0.1) is 17.0 Å². The molecule has 24 heavy (non-hydrogen) atoms. The van der Waals surface area contributed by atoms with Crippen molar-refractivity contribution >= 4 is 21.5 Å². The molecule has 1 aromatic carbocycles. The van der Waals surface area contributed by atoms with Crippen LogP contribution >= 0.6 is 0 Å². The topological polar surface area (TPSA) is 92.5 Å². The molecule has 1 aliphatic heterocycles. The maximum atomic E-state index is 12.2. The minimum atomic E-state index is -3.39. The summed E-state index contributed by atoms with van der Waals surface area (Å²) < 4.78 is 27.1. The van der Waals surface area contributed by atoms with E-state index in [-0.39, 0.29) is 6.17 Å². The SMILES string of the molecule is CC(C)S(=O)(=O)NC1CCCCN1C=C(C(N)=O)c1ccccc1. The fourth-order valence-electron chi connectivity index (χ4n) is 2.62. The van der Waals surface area contributed by atoms with Crippen molar-refractivity contribution in [1.29, 1.82) is 0 Å². The van der Waals surface area contributed by atoms with Crippen molar-refractivity contribution in [3.8, 4) is 0 Å². The Hall–Kier alpha value is -1.86. The van der Waals surface area contributed by atoms with Crippen LogP contribution in [0.2, 0.25) is 0 Å². The first-order chi connectivity index (χ1) is 11.3. The first kappa shape index (κ1) is 18.5. The largest absolute Gasteiger partial charge is 0.366 e. The van der Waals surface area contributed by atoms with E-state index in [1.54, 1.807) is 20.0 Å². The molecule has 132 valence electrons. The summed E-state index contributed by atoms with van der Waals surface area (Å²) in [5.74, 6) is -0.530. The molecule has 2 rings (SSSR count). The van der Waals surface area contributed by atoms with Gasteiger partial charge in [-0.3, -0.25) is 4.79 Å². The van der Waals surface area contributed by atoms with Crippen LogP contribution in [0.25, 0.3) is 5.57 Å². The van der Waals surface area contributed by atoms with E-state index in [9.17, 15) is 13.2 Å². The van der Waals surface area contributed by atoms with Crippen molar-refractivity contribution in [1.82, 2.24) is 9.62 Å². The second-order valence-electron chi connectivity index (χ2n) is 6.23. The van der Waals surface area contributed by atoms with E-state index in [4.69, 9.17) is 5.73 Å². The third-order valence-corrected chi connectivity index (χ3v) is 5.95. The Morgan fingerprint density at radius 2 is 1.96 bits per heavy atom. The van der Waals surface area contributed by atoms with E-state index in [0.717, 1.165) is 18.4 Å². The van der Waals surface area contributed by atoms with Gasteiger partial charge in [-0.05, 0) is 38.7 Å². The lowest BCUT2D eigenvalue weighted by molar-refractivity contribution is -0.112. The summed E-state index contributed by atoms with van der Waals surface area (Å²) in [6.45, 7) is 3.96. The zero-order valence-electron chi connectivity index (χ0n) is 14.1. The summed E-state index contributed by atoms with van der Waals surface area (Å²) in [7, 11) is -3.39. The van der Waals surface area contributed by atoms with Crippen molar-refractivity contribution in [2.75, 3.05) is 6.54 Å². The zero-order valence-corrected chi connectivity index (χ0v) is 14.9. The van der Waals surface area contributed by atoms with Gasteiger partial charge in [-0.2, -0.15) is 4.72 Å². The normalized spacial score (nSPS) is 19.5. The third-order valence-electron chi connectivity index (χ3n) is 4.11. The molecule has 1 saturated heterocycles. The summed E-state index contributed by atoms with van der Waals surface area (Å²) in [5.41, 5.74) is 6.64. The average molecular weight is 351 g/mol. The molecular weight excluding hydrogens is 326 g/mol. The molecule has 6 nitrogen and oxygen atoms in total. The molecule has 0 radical (unpaired) electrons. The van der Waals surface area contributed by atoms with Crippen LogP contribution in [0.15, 0.2) is 36.5 Å². The second kappa shape index (κ2) is 7.81. The molecule has 1 unspecified atom stereocenters. The summed E-state index contributed by atoms with van der Waals surface area (Å²) >= 11 is 0. The number of likely N-dealkylation sites (tertiary alicyclic amines) is 1. The minimum absolute atomic E-state index is 0.357. The Bertz CT molecular complexity index is 699. The molecular formula is C17H25N3O3S. The first-order valence-corrected chi connectivity index (χ1v) is 9.70. The first-order valence-electron chi connectivity index (χ1n) is 8.15. The molecule has 0 aliphatic carbocycles. The van der Waals surface area contributed by atoms with Crippen molar-refractivity contribution in [3.05, 3.63) is 42.1 Å². The highest BCUT2D eigenvalue weighted by Gasteiger charge is 2.27. The number of sulfonamides is 1. The van der Waals surface area contributed by atoms with Gasteiger partial charge in [0.2, 0.25) is 10.0 Å². The summed E-state index contributed by atoms with van der Waals surface area (Å²) in [6, 6.07) is 9.16. The number of nitrogens with two attached hydrogens (primary N) is 1. The molecule has 0 spiro atoms. The molecule has 1 amide bonds. The van der Waals surface area contributed by atoms with Crippen LogP contribution in [0.4, 0.5) is 0 Å². The molecule has 7 heteroatoms. The van der Waals surface area contributed by atoms with Crippen LogP contribution in [0.1, 0.15) is 38.7 Å². The Morgan fingerprint density at radius 1 is 1.29 bits per heavy atom. The molecule has 0 bridgehead atoms. The third kappa shape index (κ3) is 4.58. The van der Waals surface area contributed by atoms with Gasteiger partial charge < -0.3 is 10.6 Å². The summed E-state index contributed by atoms with van der Waals surface area (Å²) in [6.07, 6.45) is 3.90. The van der Waals surface area contributed by atoms with E-state index in [2.05, 4.69) is 4.72 Å². The van der Waals surface area contributed by atoms with E-state index >= 15 is 0 Å². The van der Waals surface area contributed by atoms with Gasteiger partial charge in [-0.25, -0.2) is 8.42 Å². The van der Waals surface area contributed by atoms with Crippen LogP contribution in [0.5, 0.6) is 0 Å². The Balaban J connectivity index is 2.30. The molecule has 1 atom stereocenters. The molecule has 1 fully saturated rings. The maximum Gasteiger partial charge on any atom is 0.250 e. The van der Waals surface area contributed by atoms with E-state index in [0.29, 0.717) is 18.5 Å². The number of rotatable bonds is 6. The smallest absolute Gasteiger partial charge is 0.250 e. The monoisotopic (exact) mass is 351 g/mol. The average Bonchev–Trinajstić information content (AvgIpc) is 2.54.